The van der Waals surface area contributed by atoms with E-state index in [1.165, 1.54) is 4.88 Å². The highest BCUT2D eigenvalue weighted by Crippen LogP contribution is 2.14. The molecule has 5 nitrogen and oxygen atoms in total. The Hall–Kier alpha value is -0.830. The summed E-state index contributed by atoms with van der Waals surface area (Å²) < 4.78 is 0. The van der Waals surface area contributed by atoms with Gasteiger partial charge in [-0.3, -0.25) is 9.79 Å². The van der Waals surface area contributed by atoms with Gasteiger partial charge in [-0.15, -0.1) is 35.3 Å². The summed E-state index contributed by atoms with van der Waals surface area (Å²) in [6.45, 7) is 10.0. The topological polar surface area (TPSA) is 65.5 Å². The van der Waals surface area contributed by atoms with Crippen molar-refractivity contribution in [1.82, 2.24) is 16.0 Å². The molecule has 0 saturated heterocycles. The van der Waals surface area contributed by atoms with Crippen molar-refractivity contribution in [2.24, 2.45) is 16.3 Å². The van der Waals surface area contributed by atoms with Crippen molar-refractivity contribution in [3.8, 4) is 0 Å². The summed E-state index contributed by atoms with van der Waals surface area (Å²) in [4.78, 5) is 17.6. The van der Waals surface area contributed by atoms with Crippen molar-refractivity contribution < 1.29 is 4.79 Å². The van der Waals surface area contributed by atoms with E-state index >= 15 is 0 Å². The van der Waals surface area contributed by atoms with Gasteiger partial charge in [0.1, 0.15) is 0 Å². The number of amides is 1. The van der Waals surface area contributed by atoms with E-state index in [9.17, 15) is 4.79 Å². The van der Waals surface area contributed by atoms with E-state index in [1.54, 1.807) is 18.4 Å². The zero-order valence-corrected chi connectivity index (χ0v) is 18.5. The minimum absolute atomic E-state index is 0. The van der Waals surface area contributed by atoms with E-state index in [2.05, 4.69) is 45.4 Å². The summed E-state index contributed by atoms with van der Waals surface area (Å²) in [5.74, 6) is 1.30. The lowest BCUT2D eigenvalue weighted by molar-refractivity contribution is -0.128. The van der Waals surface area contributed by atoms with Crippen molar-refractivity contribution in [3.63, 3.8) is 0 Å². The maximum atomic E-state index is 12.0. The molecule has 0 fully saturated rings. The number of halogens is 1. The second kappa shape index (κ2) is 11.7. The molecule has 1 heterocycles. The van der Waals surface area contributed by atoms with Crippen LogP contribution < -0.4 is 16.0 Å². The van der Waals surface area contributed by atoms with Gasteiger partial charge in [0.2, 0.25) is 5.91 Å². The minimum atomic E-state index is -0.476. The van der Waals surface area contributed by atoms with Crippen LogP contribution in [0.1, 0.15) is 32.6 Å². The first-order valence-electron chi connectivity index (χ1n) is 8.14. The van der Waals surface area contributed by atoms with Crippen LogP contribution in [0.25, 0.3) is 0 Å². The Labute approximate surface area is 167 Å². The lowest BCUT2D eigenvalue weighted by Gasteiger charge is -2.25. The van der Waals surface area contributed by atoms with Gasteiger partial charge in [0.15, 0.2) is 5.96 Å². The summed E-state index contributed by atoms with van der Waals surface area (Å²) in [6.07, 6.45) is 1.06. The number of nitrogens with one attached hydrogen (secondary N) is 3. The molecule has 1 unspecified atom stereocenters. The molecule has 7 heteroatoms. The van der Waals surface area contributed by atoms with Crippen LogP contribution >= 0.6 is 35.3 Å². The third-order valence-corrected chi connectivity index (χ3v) is 4.52. The molecule has 0 aromatic carbocycles. The number of carbonyl (C=O) groups excluding carboxylic acids is 1. The van der Waals surface area contributed by atoms with Crippen LogP contribution in [0.2, 0.25) is 0 Å². The minimum Gasteiger partial charge on any atom is -0.356 e. The average Bonchev–Trinajstić information content (AvgIpc) is 3.00. The number of hydrogen-bond acceptors (Lipinski definition) is 3. The van der Waals surface area contributed by atoms with Gasteiger partial charge in [0.25, 0.3) is 0 Å². The number of nitrogens with zero attached hydrogens (tertiary/aromatic N) is 1. The molecule has 0 aliphatic carbocycles. The Bertz CT molecular complexity index is 503. The van der Waals surface area contributed by atoms with Crippen LogP contribution in [0, 0.1) is 11.3 Å². The van der Waals surface area contributed by atoms with E-state index in [1.807, 2.05) is 20.8 Å². The van der Waals surface area contributed by atoms with Crippen molar-refractivity contribution in [2.75, 3.05) is 26.7 Å². The largest absolute Gasteiger partial charge is 0.356 e. The fourth-order valence-corrected chi connectivity index (χ4v) is 2.99. The molecule has 24 heavy (non-hydrogen) atoms. The van der Waals surface area contributed by atoms with Gasteiger partial charge in [-0.05, 0) is 44.6 Å². The smallest absolute Gasteiger partial charge is 0.227 e. The monoisotopic (exact) mass is 466 g/mol. The standard InChI is InChI=1S/C17H30N4OS.HI/c1-6-19-15(22)17(3,4)12-21-16(18-5)20-11-13(2)10-14-8-7-9-23-14;/h7-9,13H,6,10-12H2,1-5H3,(H,19,22)(H2,18,20,21);1H. The Kier molecular flexibility index (Phi) is 11.3. The van der Waals surface area contributed by atoms with Crippen LogP contribution in [0.4, 0.5) is 0 Å². The zero-order chi connectivity index (χ0) is 17.3. The number of rotatable bonds is 8. The van der Waals surface area contributed by atoms with Gasteiger partial charge >= 0.3 is 0 Å². The maximum absolute atomic E-state index is 12.0. The molecule has 0 spiro atoms. The maximum Gasteiger partial charge on any atom is 0.227 e. The van der Waals surface area contributed by atoms with Crippen LogP contribution in [-0.4, -0.2) is 38.5 Å². The first kappa shape index (κ1) is 23.2. The second-order valence-electron chi connectivity index (χ2n) is 6.44. The molecule has 0 bridgehead atoms. The zero-order valence-electron chi connectivity index (χ0n) is 15.3. The first-order chi connectivity index (χ1) is 10.9. The Morgan fingerprint density at radius 3 is 2.58 bits per heavy atom. The van der Waals surface area contributed by atoms with Gasteiger partial charge in [0, 0.05) is 31.6 Å². The van der Waals surface area contributed by atoms with E-state index in [4.69, 9.17) is 0 Å². The predicted molar refractivity (Wildman–Crippen MR) is 114 cm³/mol. The van der Waals surface area contributed by atoms with E-state index < -0.39 is 5.41 Å². The van der Waals surface area contributed by atoms with Crippen LogP contribution in [0.3, 0.4) is 0 Å². The van der Waals surface area contributed by atoms with Gasteiger partial charge in [-0.25, -0.2) is 0 Å². The van der Waals surface area contributed by atoms with Crippen LogP contribution in [-0.2, 0) is 11.2 Å². The summed E-state index contributed by atoms with van der Waals surface area (Å²) in [7, 11) is 1.75. The quantitative estimate of drug-likeness (QED) is 0.314. The first-order valence-corrected chi connectivity index (χ1v) is 9.02. The third kappa shape index (κ3) is 8.32. The summed E-state index contributed by atoms with van der Waals surface area (Å²) in [6, 6.07) is 4.26. The molecule has 0 aliphatic rings. The fraction of sp³-hybridized carbons (Fsp3) is 0.647. The van der Waals surface area contributed by atoms with E-state index in [0.29, 0.717) is 19.0 Å². The molecular weight excluding hydrogens is 435 g/mol. The van der Waals surface area contributed by atoms with Crippen molar-refractivity contribution in [1.29, 1.82) is 0 Å². The van der Waals surface area contributed by atoms with Crippen molar-refractivity contribution in [3.05, 3.63) is 22.4 Å². The molecular formula is C17H31IN4OS. The predicted octanol–water partition coefficient (Wildman–Crippen LogP) is 2.87. The van der Waals surface area contributed by atoms with Gasteiger partial charge in [-0.2, -0.15) is 0 Å². The van der Waals surface area contributed by atoms with Crippen LogP contribution in [0.5, 0.6) is 0 Å². The van der Waals surface area contributed by atoms with Gasteiger partial charge in [0.05, 0.1) is 5.41 Å². The third-order valence-electron chi connectivity index (χ3n) is 3.62. The molecule has 0 radical (unpaired) electrons. The Morgan fingerprint density at radius 2 is 2.04 bits per heavy atom. The number of thiophene rings is 1. The van der Waals surface area contributed by atoms with Crippen molar-refractivity contribution in [2.45, 2.75) is 34.1 Å². The lowest BCUT2D eigenvalue weighted by atomic mass is 9.92. The van der Waals surface area contributed by atoms with Crippen molar-refractivity contribution >= 4 is 47.2 Å². The second-order valence-corrected chi connectivity index (χ2v) is 7.47. The number of hydrogen-bond donors (Lipinski definition) is 3. The molecule has 0 aliphatic heterocycles. The normalized spacial score (nSPS) is 13.0. The van der Waals surface area contributed by atoms with Gasteiger partial charge in [-0.1, -0.05) is 13.0 Å². The summed E-state index contributed by atoms with van der Waals surface area (Å²) >= 11 is 1.79. The molecule has 1 amide bonds. The molecule has 0 saturated carbocycles. The number of carbonyl (C=O) groups is 1. The molecule has 1 aromatic heterocycles. The molecule has 1 rings (SSSR count). The fourth-order valence-electron chi connectivity index (χ4n) is 2.12. The molecule has 3 N–H and O–H groups in total. The lowest BCUT2D eigenvalue weighted by Crippen LogP contribution is -2.48. The van der Waals surface area contributed by atoms with E-state index in [0.717, 1.165) is 18.9 Å². The molecule has 1 atom stereocenters. The Morgan fingerprint density at radius 1 is 1.33 bits per heavy atom. The average molecular weight is 466 g/mol. The van der Waals surface area contributed by atoms with E-state index in [-0.39, 0.29) is 29.9 Å². The Balaban J connectivity index is 0.00000529. The SMILES string of the molecule is CCNC(=O)C(C)(C)CNC(=NC)NCC(C)Cc1cccs1.I. The molecule has 1 aromatic rings. The van der Waals surface area contributed by atoms with Crippen LogP contribution in [0.15, 0.2) is 22.5 Å². The highest BCUT2D eigenvalue weighted by molar-refractivity contribution is 14.0. The summed E-state index contributed by atoms with van der Waals surface area (Å²) in [5.41, 5.74) is -0.476. The molecule has 138 valence electrons. The number of aliphatic imine (C=N–C) groups is 1. The highest BCUT2D eigenvalue weighted by Gasteiger charge is 2.27. The van der Waals surface area contributed by atoms with Gasteiger partial charge < -0.3 is 16.0 Å². The highest BCUT2D eigenvalue weighted by atomic mass is 127. The number of guanidine groups is 1. The summed E-state index contributed by atoms with van der Waals surface area (Å²) in [5, 5.41) is 11.6.